The number of morpholine rings is 1. The van der Waals surface area contributed by atoms with Crippen molar-refractivity contribution in [3.63, 3.8) is 0 Å². The third-order valence-corrected chi connectivity index (χ3v) is 6.18. The summed E-state index contributed by atoms with van der Waals surface area (Å²) in [6.07, 6.45) is 9.67. The van der Waals surface area contributed by atoms with Gasteiger partial charge in [0.1, 0.15) is 0 Å². The minimum absolute atomic E-state index is 0.199. The van der Waals surface area contributed by atoms with Gasteiger partial charge < -0.3 is 15.4 Å². The molecule has 3 rings (SSSR count). The lowest BCUT2D eigenvalue weighted by molar-refractivity contribution is -0.134. The van der Waals surface area contributed by atoms with Crippen molar-refractivity contribution in [2.45, 2.75) is 57.4 Å². The summed E-state index contributed by atoms with van der Waals surface area (Å²) in [5.74, 6) is 1.60. The van der Waals surface area contributed by atoms with Crippen molar-refractivity contribution in [3.05, 3.63) is 0 Å². The number of nitrogens with zero attached hydrogens (tertiary/aromatic N) is 2. The zero-order chi connectivity index (χ0) is 16.8. The fraction of sp³-hybridized carbons (Fsp3) is 0.947. The second kappa shape index (κ2) is 9.16. The molecule has 0 radical (unpaired) electrons. The number of ether oxygens (including phenoxy) is 1. The minimum atomic E-state index is -0.274. The van der Waals surface area contributed by atoms with E-state index in [-0.39, 0.29) is 11.9 Å². The molecule has 0 spiro atoms. The van der Waals surface area contributed by atoms with Gasteiger partial charge in [0, 0.05) is 32.7 Å². The lowest BCUT2D eigenvalue weighted by atomic mass is 9.84. The van der Waals surface area contributed by atoms with E-state index >= 15 is 0 Å². The molecule has 5 nitrogen and oxygen atoms in total. The van der Waals surface area contributed by atoms with Crippen LogP contribution in [0.3, 0.4) is 0 Å². The Morgan fingerprint density at radius 3 is 2.29 bits per heavy atom. The molecule has 1 saturated carbocycles. The van der Waals surface area contributed by atoms with Gasteiger partial charge in [0.2, 0.25) is 5.91 Å². The highest BCUT2D eigenvalue weighted by Crippen LogP contribution is 2.28. The van der Waals surface area contributed by atoms with Gasteiger partial charge in [0.05, 0.1) is 19.3 Å². The fourth-order valence-corrected chi connectivity index (χ4v) is 4.60. The van der Waals surface area contributed by atoms with Crippen LogP contribution in [0, 0.1) is 11.8 Å². The molecule has 24 heavy (non-hydrogen) atoms. The van der Waals surface area contributed by atoms with E-state index in [2.05, 4.69) is 4.90 Å². The van der Waals surface area contributed by atoms with E-state index in [0.717, 1.165) is 64.6 Å². The molecule has 5 heteroatoms. The maximum Gasteiger partial charge on any atom is 0.239 e. The highest BCUT2D eigenvalue weighted by atomic mass is 16.5. The first-order valence-electron chi connectivity index (χ1n) is 10.1. The van der Waals surface area contributed by atoms with Crippen LogP contribution in [0.25, 0.3) is 0 Å². The molecule has 1 amide bonds. The van der Waals surface area contributed by atoms with Crippen LogP contribution < -0.4 is 5.73 Å². The molecule has 3 aliphatic rings. The van der Waals surface area contributed by atoms with Crippen molar-refractivity contribution < 1.29 is 9.53 Å². The van der Waals surface area contributed by atoms with E-state index in [4.69, 9.17) is 10.5 Å². The molecule has 3 fully saturated rings. The summed E-state index contributed by atoms with van der Waals surface area (Å²) >= 11 is 0. The number of carbonyl (C=O) groups is 1. The average Bonchev–Trinajstić information content (AvgIpc) is 2.63. The van der Waals surface area contributed by atoms with E-state index in [1.54, 1.807) is 0 Å². The Balaban J connectivity index is 1.37. The quantitative estimate of drug-likeness (QED) is 0.832. The highest BCUT2D eigenvalue weighted by molar-refractivity contribution is 5.81. The lowest BCUT2D eigenvalue weighted by Gasteiger charge is -2.37. The molecule has 0 aromatic carbocycles. The largest absolute Gasteiger partial charge is 0.379 e. The van der Waals surface area contributed by atoms with E-state index in [1.807, 2.05) is 4.90 Å². The van der Waals surface area contributed by atoms with E-state index < -0.39 is 0 Å². The van der Waals surface area contributed by atoms with Crippen LogP contribution in [0.2, 0.25) is 0 Å². The van der Waals surface area contributed by atoms with Crippen molar-refractivity contribution in [1.29, 1.82) is 0 Å². The molecule has 1 unspecified atom stereocenters. The summed E-state index contributed by atoms with van der Waals surface area (Å²) in [6, 6.07) is -0.274. The molecular formula is C19H35N3O2. The van der Waals surface area contributed by atoms with Gasteiger partial charge in [-0.1, -0.05) is 32.1 Å². The Kier molecular flexibility index (Phi) is 6.93. The molecule has 2 saturated heterocycles. The van der Waals surface area contributed by atoms with Crippen LogP contribution in [0.15, 0.2) is 0 Å². The molecule has 2 heterocycles. The molecule has 1 aliphatic carbocycles. The first-order valence-corrected chi connectivity index (χ1v) is 10.1. The summed E-state index contributed by atoms with van der Waals surface area (Å²) < 4.78 is 5.42. The second-order valence-electron chi connectivity index (χ2n) is 8.03. The summed E-state index contributed by atoms with van der Waals surface area (Å²) in [6.45, 7) is 6.81. The number of piperidine rings is 1. The third-order valence-electron chi connectivity index (χ3n) is 6.18. The summed E-state index contributed by atoms with van der Waals surface area (Å²) in [7, 11) is 0. The average molecular weight is 338 g/mol. The molecule has 1 atom stereocenters. The molecule has 2 N–H and O–H groups in total. The smallest absolute Gasteiger partial charge is 0.239 e. The van der Waals surface area contributed by atoms with Crippen LogP contribution in [0.5, 0.6) is 0 Å². The number of nitrogens with two attached hydrogens (primary N) is 1. The van der Waals surface area contributed by atoms with Crippen molar-refractivity contribution in [1.82, 2.24) is 9.80 Å². The Bertz CT molecular complexity index is 384. The summed E-state index contributed by atoms with van der Waals surface area (Å²) in [4.78, 5) is 17.2. The number of hydrogen-bond acceptors (Lipinski definition) is 4. The van der Waals surface area contributed by atoms with Crippen molar-refractivity contribution in [3.8, 4) is 0 Å². The first kappa shape index (κ1) is 18.2. The van der Waals surface area contributed by atoms with Gasteiger partial charge in [-0.15, -0.1) is 0 Å². The topological polar surface area (TPSA) is 58.8 Å². The predicted octanol–water partition coefficient (Wildman–Crippen LogP) is 1.85. The molecule has 2 aliphatic heterocycles. The Morgan fingerprint density at radius 1 is 0.958 bits per heavy atom. The number of likely N-dealkylation sites (tertiary alicyclic amines) is 1. The maximum absolute atomic E-state index is 12.6. The van der Waals surface area contributed by atoms with Crippen LogP contribution in [0.4, 0.5) is 0 Å². The number of rotatable bonds is 5. The van der Waals surface area contributed by atoms with Crippen molar-refractivity contribution in [2.75, 3.05) is 45.9 Å². The number of carbonyl (C=O) groups excluding carboxylic acids is 1. The monoisotopic (exact) mass is 337 g/mol. The van der Waals surface area contributed by atoms with Gasteiger partial charge in [0.15, 0.2) is 0 Å². The van der Waals surface area contributed by atoms with Gasteiger partial charge >= 0.3 is 0 Å². The predicted molar refractivity (Wildman–Crippen MR) is 95.7 cm³/mol. The fourth-order valence-electron chi connectivity index (χ4n) is 4.60. The number of amides is 1. The molecule has 138 valence electrons. The molecule has 0 bridgehead atoms. The SMILES string of the molecule is NC(CC1CCCCC1)C(=O)N1CCC(CN2CCOCC2)CC1. The standard InChI is InChI=1S/C19H35N3O2/c20-18(14-16-4-2-1-3-5-16)19(23)22-8-6-17(7-9-22)15-21-10-12-24-13-11-21/h16-18H,1-15,20H2. The van der Waals surface area contributed by atoms with Crippen LogP contribution >= 0.6 is 0 Å². The van der Waals surface area contributed by atoms with Gasteiger partial charge in [-0.2, -0.15) is 0 Å². The van der Waals surface area contributed by atoms with Crippen molar-refractivity contribution >= 4 is 5.91 Å². The van der Waals surface area contributed by atoms with Crippen LogP contribution in [-0.4, -0.2) is 67.7 Å². The van der Waals surface area contributed by atoms with E-state index in [0.29, 0.717) is 5.92 Å². The van der Waals surface area contributed by atoms with Gasteiger partial charge in [-0.25, -0.2) is 0 Å². The van der Waals surface area contributed by atoms with Gasteiger partial charge in [0.25, 0.3) is 0 Å². The zero-order valence-electron chi connectivity index (χ0n) is 15.1. The maximum atomic E-state index is 12.6. The zero-order valence-corrected chi connectivity index (χ0v) is 15.1. The molecular weight excluding hydrogens is 302 g/mol. The third kappa shape index (κ3) is 5.17. The lowest BCUT2D eigenvalue weighted by Crippen LogP contribution is -2.49. The van der Waals surface area contributed by atoms with E-state index in [9.17, 15) is 4.79 Å². The van der Waals surface area contributed by atoms with Gasteiger partial charge in [-0.05, 0) is 31.1 Å². The molecule has 0 aromatic rings. The van der Waals surface area contributed by atoms with Crippen LogP contribution in [0.1, 0.15) is 51.4 Å². The van der Waals surface area contributed by atoms with Gasteiger partial charge in [-0.3, -0.25) is 9.69 Å². The van der Waals surface area contributed by atoms with Crippen LogP contribution in [-0.2, 0) is 9.53 Å². The number of hydrogen-bond donors (Lipinski definition) is 1. The Morgan fingerprint density at radius 2 is 1.62 bits per heavy atom. The normalized spacial score (nSPS) is 26.5. The van der Waals surface area contributed by atoms with E-state index in [1.165, 1.54) is 38.6 Å². The molecule has 0 aromatic heterocycles. The second-order valence-corrected chi connectivity index (χ2v) is 8.03. The Hall–Kier alpha value is -0.650. The van der Waals surface area contributed by atoms with Crippen molar-refractivity contribution in [2.24, 2.45) is 17.6 Å². The Labute approximate surface area is 146 Å². The minimum Gasteiger partial charge on any atom is -0.379 e. The highest BCUT2D eigenvalue weighted by Gasteiger charge is 2.29. The summed E-state index contributed by atoms with van der Waals surface area (Å²) in [5, 5.41) is 0. The summed E-state index contributed by atoms with van der Waals surface area (Å²) in [5.41, 5.74) is 6.25. The first-order chi connectivity index (χ1) is 11.7.